The molecule has 0 radical (unpaired) electrons. The summed E-state index contributed by atoms with van der Waals surface area (Å²) >= 11 is 8.17. The molecule has 2 aliphatic rings. The maximum absolute atomic E-state index is 13.6. The van der Waals surface area contributed by atoms with Gasteiger partial charge in [0, 0.05) is 47.3 Å². The van der Waals surface area contributed by atoms with Gasteiger partial charge >= 0.3 is 0 Å². The van der Waals surface area contributed by atoms with Crippen molar-refractivity contribution < 1.29 is 4.79 Å². The third-order valence-corrected chi connectivity index (χ3v) is 7.01. The van der Waals surface area contributed by atoms with Crippen molar-refractivity contribution in [3.05, 3.63) is 81.1 Å². The number of benzene rings is 2. The van der Waals surface area contributed by atoms with Crippen LogP contribution in [0.2, 0.25) is 5.02 Å². The van der Waals surface area contributed by atoms with Gasteiger partial charge in [0.1, 0.15) is 0 Å². The summed E-state index contributed by atoms with van der Waals surface area (Å²) in [6.07, 6.45) is 0.742. The number of amides is 1. The third kappa shape index (κ3) is 3.36. The molecule has 152 valence electrons. The van der Waals surface area contributed by atoms with Crippen LogP contribution >= 0.6 is 23.4 Å². The van der Waals surface area contributed by atoms with Crippen LogP contribution < -0.4 is 5.56 Å². The first-order valence-corrected chi connectivity index (χ1v) is 11.7. The minimum atomic E-state index is -0.0624. The number of thioether (sulfide) groups is 1. The zero-order chi connectivity index (χ0) is 20.7. The second-order valence-corrected chi connectivity index (χ2v) is 9.26. The smallest absolute Gasteiger partial charge is 0.258 e. The molecule has 30 heavy (non-hydrogen) atoms. The summed E-state index contributed by atoms with van der Waals surface area (Å²) in [5, 5.41) is 0.606. The van der Waals surface area contributed by atoms with Gasteiger partial charge in [-0.2, -0.15) is 11.8 Å². The fourth-order valence-corrected chi connectivity index (χ4v) is 5.39. The normalized spacial score (nSPS) is 15.4. The monoisotopic (exact) mass is 436 g/mol. The van der Waals surface area contributed by atoms with E-state index in [2.05, 4.69) is 0 Å². The molecule has 1 fully saturated rings. The number of hydrogen-bond acceptors (Lipinski definition) is 3. The number of fused-ring (bicyclic) bond motifs is 3. The quantitative estimate of drug-likeness (QED) is 0.590. The maximum Gasteiger partial charge on any atom is 0.258 e. The van der Waals surface area contributed by atoms with Crippen LogP contribution in [0.15, 0.2) is 59.4 Å². The van der Waals surface area contributed by atoms with Crippen LogP contribution in [0.25, 0.3) is 22.4 Å². The summed E-state index contributed by atoms with van der Waals surface area (Å²) in [6, 6.07) is 17.1. The molecule has 1 saturated heterocycles. The fourth-order valence-electron chi connectivity index (χ4n) is 4.31. The van der Waals surface area contributed by atoms with Gasteiger partial charge in [0.05, 0.1) is 11.3 Å². The largest absolute Gasteiger partial charge is 0.337 e. The topological polar surface area (TPSA) is 42.3 Å². The summed E-state index contributed by atoms with van der Waals surface area (Å²) < 4.78 is 1.77. The predicted molar refractivity (Wildman–Crippen MR) is 124 cm³/mol. The van der Waals surface area contributed by atoms with E-state index in [9.17, 15) is 9.59 Å². The molecule has 1 aromatic heterocycles. The van der Waals surface area contributed by atoms with Gasteiger partial charge in [0.2, 0.25) is 0 Å². The Morgan fingerprint density at radius 3 is 2.47 bits per heavy atom. The van der Waals surface area contributed by atoms with Gasteiger partial charge in [-0.05, 0) is 35.7 Å². The van der Waals surface area contributed by atoms with E-state index >= 15 is 0 Å². The first-order valence-electron chi connectivity index (χ1n) is 10.1. The van der Waals surface area contributed by atoms with E-state index in [1.165, 1.54) is 0 Å². The van der Waals surface area contributed by atoms with E-state index in [4.69, 9.17) is 11.6 Å². The van der Waals surface area contributed by atoms with E-state index in [1.807, 2.05) is 65.2 Å². The molecule has 0 saturated carbocycles. The molecule has 2 aromatic carbocycles. The summed E-state index contributed by atoms with van der Waals surface area (Å²) in [5.74, 6) is 1.87. The van der Waals surface area contributed by atoms with Crippen molar-refractivity contribution >= 4 is 29.3 Å². The Morgan fingerprint density at radius 2 is 1.70 bits per heavy atom. The number of aromatic nitrogens is 1. The van der Waals surface area contributed by atoms with Crippen molar-refractivity contribution in [3.8, 4) is 22.4 Å². The highest BCUT2D eigenvalue weighted by Gasteiger charge is 2.29. The van der Waals surface area contributed by atoms with Gasteiger partial charge < -0.3 is 9.47 Å². The maximum atomic E-state index is 13.6. The molecule has 0 atom stereocenters. The van der Waals surface area contributed by atoms with Gasteiger partial charge in [0.25, 0.3) is 11.5 Å². The molecule has 0 unspecified atom stereocenters. The van der Waals surface area contributed by atoms with Crippen LogP contribution in [-0.4, -0.2) is 40.0 Å². The Bertz CT molecular complexity index is 1180. The number of carbonyl (C=O) groups is 1. The number of nitrogens with zero attached hydrogens (tertiary/aromatic N) is 2. The molecule has 0 N–H and O–H groups in total. The molecule has 0 bridgehead atoms. The van der Waals surface area contributed by atoms with E-state index in [-0.39, 0.29) is 11.5 Å². The summed E-state index contributed by atoms with van der Waals surface area (Å²) in [4.78, 5) is 29.0. The number of aryl methyl sites for hydroxylation is 1. The van der Waals surface area contributed by atoms with Crippen LogP contribution in [0.5, 0.6) is 0 Å². The van der Waals surface area contributed by atoms with Gasteiger partial charge in [-0.1, -0.05) is 48.0 Å². The number of rotatable bonds is 2. The summed E-state index contributed by atoms with van der Waals surface area (Å²) in [5.41, 5.74) is 4.63. The molecule has 3 heterocycles. The number of carbonyl (C=O) groups excluding carboxylic acids is 1. The Hall–Kier alpha value is -2.50. The minimum absolute atomic E-state index is 0.0101. The van der Waals surface area contributed by atoms with Crippen molar-refractivity contribution in [3.63, 3.8) is 0 Å². The lowest BCUT2D eigenvalue weighted by atomic mass is 9.92. The van der Waals surface area contributed by atoms with Crippen LogP contribution in [-0.2, 0) is 13.0 Å². The van der Waals surface area contributed by atoms with Gasteiger partial charge in [-0.25, -0.2) is 0 Å². The first kappa shape index (κ1) is 19.5. The lowest BCUT2D eigenvalue weighted by Gasteiger charge is -2.30. The van der Waals surface area contributed by atoms with Crippen molar-refractivity contribution in [1.29, 1.82) is 0 Å². The van der Waals surface area contributed by atoms with Crippen molar-refractivity contribution in [2.75, 3.05) is 24.6 Å². The Balaban J connectivity index is 1.77. The van der Waals surface area contributed by atoms with Crippen molar-refractivity contribution in [1.82, 2.24) is 9.47 Å². The molecule has 1 amide bonds. The average molecular weight is 437 g/mol. The molecule has 4 nitrogen and oxygen atoms in total. The minimum Gasteiger partial charge on any atom is -0.337 e. The lowest BCUT2D eigenvalue weighted by molar-refractivity contribution is 0.0772. The Kier molecular flexibility index (Phi) is 5.17. The predicted octanol–water partition coefficient (Wildman–Crippen LogP) is 4.58. The number of halogens is 1. The van der Waals surface area contributed by atoms with Crippen LogP contribution in [0.1, 0.15) is 15.9 Å². The summed E-state index contributed by atoms with van der Waals surface area (Å²) in [7, 11) is 0. The molecular weight excluding hydrogens is 416 g/mol. The standard InChI is InChI=1S/C24H21ClN2O2S/c25-18-7-6-17-8-9-27-22(19(17)14-18)21(23(28)26-10-12-30-13-11-26)15-20(24(27)29)16-4-2-1-3-5-16/h1-7,14-15H,8-13H2. The van der Waals surface area contributed by atoms with E-state index in [0.717, 1.165) is 47.7 Å². The number of pyridine rings is 1. The van der Waals surface area contributed by atoms with Crippen LogP contribution in [0.4, 0.5) is 0 Å². The average Bonchev–Trinajstić information content (AvgIpc) is 2.80. The highest BCUT2D eigenvalue weighted by atomic mass is 35.5. The first-order chi connectivity index (χ1) is 14.6. The molecule has 3 aromatic rings. The number of hydrogen-bond donors (Lipinski definition) is 0. The Labute approximate surface area is 184 Å². The van der Waals surface area contributed by atoms with Crippen LogP contribution in [0.3, 0.4) is 0 Å². The zero-order valence-electron chi connectivity index (χ0n) is 16.4. The molecule has 0 spiro atoms. The Morgan fingerprint density at radius 1 is 0.933 bits per heavy atom. The second-order valence-electron chi connectivity index (χ2n) is 7.60. The van der Waals surface area contributed by atoms with Crippen molar-refractivity contribution in [2.45, 2.75) is 13.0 Å². The van der Waals surface area contributed by atoms with Crippen LogP contribution in [0, 0.1) is 0 Å². The lowest BCUT2D eigenvalue weighted by Crippen LogP contribution is -2.39. The SMILES string of the molecule is O=C(c1cc(-c2ccccc2)c(=O)n2c1-c1cc(Cl)ccc1CC2)N1CCSCC1. The summed E-state index contributed by atoms with van der Waals surface area (Å²) in [6.45, 7) is 2.01. The van der Waals surface area contributed by atoms with Gasteiger partial charge in [-0.15, -0.1) is 0 Å². The molecule has 0 aliphatic carbocycles. The highest BCUT2D eigenvalue weighted by Crippen LogP contribution is 2.35. The van der Waals surface area contributed by atoms with Crippen molar-refractivity contribution in [2.24, 2.45) is 0 Å². The zero-order valence-corrected chi connectivity index (χ0v) is 18.0. The van der Waals surface area contributed by atoms with Gasteiger partial charge in [-0.3, -0.25) is 9.59 Å². The van der Waals surface area contributed by atoms with E-state index in [0.29, 0.717) is 28.4 Å². The molecule has 6 heteroatoms. The van der Waals surface area contributed by atoms with E-state index in [1.54, 1.807) is 10.6 Å². The third-order valence-electron chi connectivity index (χ3n) is 5.83. The molecule has 5 rings (SSSR count). The molecule has 2 aliphatic heterocycles. The second kappa shape index (κ2) is 7.97. The highest BCUT2D eigenvalue weighted by molar-refractivity contribution is 7.99. The van der Waals surface area contributed by atoms with Gasteiger partial charge in [0.15, 0.2) is 0 Å². The molecular formula is C24H21ClN2O2S. The fraction of sp³-hybridized carbons (Fsp3) is 0.250. The van der Waals surface area contributed by atoms with E-state index < -0.39 is 0 Å².